The molecule has 1 aliphatic carbocycles. The molecule has 3 heterocycles. The molecule has 0 atom stereocenters. The first-order valence-electron chi connectivity index (χ1n) is 9.23. The summed E-state index contributed by atoms with van der Waals surface area (Å²) in [6.45, 7) is 0.0725. The number of alkyl halides is 3. The third-order valence-electron chi connectivity index (χ3n) is 4.87. The van der Waals surface area contributed by atoms with Crippen molar-refractivity contribution in [3.8, 4) is 0 Å². The van der Waals surface area contributed by atoms with E-state index in [1.807, 2.05) is 0 Å². The summed E-state index contributed by atoms with van der Waals surface area (Å²) >= 11 is 0. The standard InChI is InChI=1S/C19H19F3N6O/c1-27-9-7-16(25-27)24-18(29)12-6-8-23-13(10-12)11-28-15-5-3-2-4-14(15)17(26-28)19(20,21)22/h6-10H,2-5,11H2,1H3,(H,24,25,29). The maximum Gasteiger partial charge on any atom is 0.435 e. The Bertz CT molecular complexity index is 1050. The second kappa shape index (κ2) is 7.34. The maximum atomic E-state index is 13.4. The lowest BCUT2D eigenvalue weighted by molar-refractivity contribution is -0.142. The molecule has 0 saturated heterocycles. The third-order valence-corrected chi connectivity index (χ3v) is 4.87. The summed E-state index contributed by atoms with van der Waals surface area (Å²) in [5.74, 6) is 0.0395. The number of pyridine rings is 1. The molecule has 0 saturated carbocycles. The fourth-order valence-electron chi connectivity index (χ4n) is 3.56. The van der Waals surface area contributed by atoms with Crippen molar-refractivity contribution in [2.24, 2.45) is 7.05 Å². The van der Waals surface area contributed by atoms with Crippen LogP contribution in [-0.4, -0.2) is 30.5 Å². The molecular weight excluding hydrogens is 385 g/mol. The maximum absolute atomic E-state index is 13.4. The first kappa shape index (κ1) is 19.2. The van der Waals surface area contributed by atoms with Gasteiger partial charge in [0.1, 0.15) is 0 Å². The molecule has 1 aliphatic rings. The summed E-state index contributed by atoms with van der Waals surface area (Å²) in [4.78, 5) is 16.6. The molecule has 0 aromatic carbocycles. The minimum absolute atomic E-state index is 0.0725. The Morgan fingerprint density at radius 1 is 1.21 bits per heavy atom. The van der Waals surface area contributed by atoms with Crippen molar-refractivity contribution in [3.05, 3.63) is 58.8 Å². The number of anilines is 1. The number of hydrogen-bond acceptors (Lipinski definition) is 4. The molecule has 0 spiro atoms. The van der Waals surface area contributed by atoms with Gasteiger partial charge in [0.25, 0.3) is 5.91 Å². The quantitative estimate of drug-likeness (QED) is 0.724. The van der Waals surface area contributed by atoms with Crippen LogP contribution in [0.1, 0.15) is 45.8 Å². The van der Waals surface area contributed by atoms with Gasteiger partial charge < -0.3 is 5.32 Å². The molecular formula is C19H19F3N6O. The zero-order valence-electron chi connectivity index (χ0n) is 15.7. The Morgan fingerprint density at radius 3 is 2.72 bits per heavy atom. The summed E-state index contributed by atoms with van der Waals surface area (Å²) in [6, 6.07) is 4.76. The van der Waals surface area contributed by atoms with Gasteiger partial charge in [-0.15, -0.1) is 0 Å². The minimum Gasteiger partial charge on any atom is -0.305 e. The molecule has 29 heavy (non-hydrogen) atoms. The van der Waals surface area contributed by atoms with Crippen LogP contribution in [0.5, 0.6) is 0 Å². The number of aryl methyl sites for hydroxylation is 1. The first-order chi connectivity index (χ1) is 13.8. The number of aromatic nitrogens is 5. The minimum atomic E-state index is -4.48. The normalized spacial score (nSPS) is 13.9. The number of amides is 1. The van der Waals surface area contributed by atoms with Gasteiger partial charge in [0.15, 0.2) is 11.5 Å². The summed E-state index contributed by atoms with van der Waals surface area (Å²) in [7, 11) is 1.74. The number of fused-ring (bicyclic) bond motifs is 1. The van der Waals surface area contributed by atoms with E-state index < -0.39 is 11.9 Å². The van der Waals surface area contributed by atoms with E-state index in [1.54, 1.807) is 36.1 Å². The van der Waals surface area contributed by atoms with Gasteiger partial charge in [0, 0.05) is 42.3 Å². The Hall–Kier alpha value is -3.17. The van der Waals surface area contributed by atoms with E-state index in [0.29, 0.717) is 35.6 Å². The Morgan fingerprint density at radius 2 is 2.00 bits per heavy atom. The molecule has 1 amide bonds. The van der Waals surface area contributed by atoms with Crippen molar-refractivity contribution >= 4 is 11.7 Å². The average Bonchev–Trinajstić information content (AvgIpc) is 3.25. The fraction of sp³-hybridized carbons (Fsp3) is 0.368. The highest BCUT2D eigenvalue weighted by Crippen LogP contribution is 2.36. The van der Waals surface area contributed by atoms with Crippen LogP contribution in [0.2, 0.25) is 0 Å². The van der Waals surface area contributed by atoms with Crippen molar-refractivity contribution in [1.29, 1.82) is 0 Å². The molecule has 0 fully saturated rings. The molecule has 3 aromatic heterocycles. The molecule has 1 N–H and O–H groups in total. The molecule has 0 radical (unpaired) electrons. The highest BCUT2D eigenvalue weighted by Gasteiger charge is 2.39. The monoisotopic (exact) mass is 404 g/mol. The average molecular weight is 404 g/mol. The Kier molecular flexibility index (Phi) is 4.85. The van der Waals surface area contributed by atoms with Crippen molar-refractivity contribution in [2.75, 3.05) is 5.32 Å². The predicted molar refractivity (Wildman–Crippen MR) is 98.4 cm³/mol. The van der Waals surface area contributed by atoms with Crippen LogP contribution < -0.4 is 5.32 Å². The fourth-order valence-corrected chi connectivity index (χ4v) is 3.56. The topological polar surface area (TPSA) is 77.6 Å². The number of carbonyl (C=O) groups excluding carboxylic acids is 1. The molecule has 3 aromatic rings. The molecule has 0 unspecified atom stereocenters. The van der Waals surface area contributed by atoms with E-state index >= 15 is 0 Å². The molecule has 7 nitrogen and oxygen atoms in total. The van der Waals surface area contributed by atoms with Crippen molar-refractivity contribution in [1.82, 2.24) is 24.5 Å². The van der Waals surface area contributed by atoms with E-state index in [0.717, 1.165) is 12.8 Å². The van der Waals surface area contributed by atoms with Gasteiger partial charge in [-0.3, -0.25) is 19.1 Å². The van der Waals surface area contributed by atoms with Crippen LogP contribution in [0.15, 0.2) is 30.6 Å². The molecule has 152 valence electrons. The smallest absolute Gasteiger partial charge is 0.305 e. The Balaban J connectivity index is 1.58. The van der Waals surface area contributed by atoms with Crippen LogP contribution >= 0.6 is 0 Å². The van der Waals surface area contributed by atoms with Gasteiger partial charge in [0.2, 0.25) is 0 Å². The molecule has 4 rings (SSSR count). The van der Waals surface area contributed by atoms with Gasteiger partial charge in [-0.1, -0.05) is 0 Å². The lowest BCUT2D eigenvalue weighted by Crippen LogP contribution is -2.15. The van der Waals surface area contributed by atoms with Gasteiger partial charge in [-0.25, -0.2) is 0 Å². The number of carbonyl (C=O) groups is 1. The Labute approximate surface area is 164 Å². The zero-order valence-corrected chi connectivity index (χ0v) is 15.7. The molecule has 0 bridgehead atoms. The second-order valence-corrected chi connectivity index (χ2v) is 7.00. The molecule has 10 heteroatoms. The van der Waals surface area contributed by atoms with Gasteiger partial charge >= 0.3 is 6.18 Å². The van der Waals surface area contributed by atoms with E-state index in [-0.39, 0.29) is 18.0 Å². The number of halogens is 3. The lowest BCUT2D eigenvalue weighted by atomic mass is 9.95. The van der Waals surface area contributed by atoms with E-state index in [9.17, 15) is 18.0 Å². The largest absolute Gasteiger partial charge is 0.435 e. The lowest BCUT2D eigenvalue weighted by Gasteiger charge is -2.14. The second-order valence-electron chi connectivity index (χ2n) is 7.00. The van der Waals surface area contributed by atoms with Crippen molar-refractivity contribution < 1.29 is 18.0 Å². The van der Waals surface area contributed by atoms with Crippen molar-refractivity contribution in [2.45, 2.75) is 38.4 Å². The van der Waals surface area contributed by atoms with Crippen LogP contribution in [0.4, 0.5) is 19.0 Å². The highest BCUT2D eigenvalue weighted by molar-refractivity contribution is 6.03. The third kappa shape index (κ3) is 4.01. The number of rotatable bonds is 4. The van der Waals surface area contributed by atoms with Crippen LogP contribution in [-0.2, 0) is 32.6 Å². The van der Waals surface area contributed by atoms with Gasteiger partial charge in [-0.05, 0) is 37.8 Å². The summed E-state index contributed by atoms with van der Waals surface area (Å²) in [6.07, 6.45) is 1.17. The molecule has 0 aliphatic heterocycles. The van der Waals surface area contributed by atoms with E-state index in [4.69, 9.17) is 0 Å². The first-order valence-corrected chi connectivity index (χ1v) is 9.23. The summed E-state index contributed by atoms with van der Waals surface area (Å²) in [5, 5.41) is 10.6. The number of nitrogens with one attached hydrogen (secondary N) is 1. The number of hydrogen-bond donors (Lipinski definition) is 1. The van der Waals surface area contributed by atoms with Crippen molar-refractivity contribution in [3.63, 3.8) is 0 Å². The zero-order chi connectivity index (χ0) is 20.6. The van der Waals surface area contributed by atoms with Gasteiger partial charge in [-0.2, -0.15) is 23.4 Å². The predicted octanol–water partition coefficient (Wildman–Crippen LogP) is 3.21. The van der Waals surface area contributed by atoms with E-state index in [1.165, 1.54) is 10.9 Å². The van der Waals surface area contributed by atoms with Crippen LogP contribution in [0, 0.1) is 0 Å². The number of nitrogens with zero attached hydrogens (tertiary/aromatic N) is 5. The SMILES string of the molecule is Cn1ccc(NC(=O)c2ccnc(Cn3nc(C(F)(F)F)c4c3CCCC4)c2)n1. The van der Waals surface area contributed by atoms with Crippen LogP contribution in [0.3, 0.4) is 0 Å². The van der Waals surface area contributed by atoms with Gasteiger partial charge in [0.05, 0.1) is 12.2 Å². The summed E-state index contributed by atoms with van der Waals surface area (Å²) in [5.41, 5.74) is 0.888. The highest BCUT2D eigenvalue weighted by atomic mass is 19.4. The van der Waals surface area contributed by atoms with Crippen LogP contribution in [0.25, 0.3) is 0 Å². The van der Waals surface area contributed by atoms with E-state index in [2.05, 4.69) is 20.5 Å². The summed E-state index contributed by atoms with van der Waals surface area (Å²) < 4.78 is 43.0.